The number of esters is 1. The van der Waals surface area contributed by atoms with Crippen molar-refractivity contribution in [2.45, 2.75) is 5.54 Å². The number of hydrogen-bond donors (Lipinski definition) is 2. The largest absolute Gasteiger partial charge is 0.479 e. The minimum atomic E-state index is -3.69. The van der Waals surface area contributed by atoms with Gasteiger partial charge in [-0.1, -0.05) is 0 Å². The molecule has 82 valence electrons. The number of carboxylic acids is 1. The maximum atomic E-state index is 11.0. The summed E-state index contributed by atoms with van der Waals surface area (Å²) in [6.07, 6.45) is 0.778. The fourth-order valence-electron chi connectivity index (χ4n) is 0.804. The summed E-state index contributed by atoms with van der Waals surface area (Å²) in [6.45, 7) is 0. The van der Waals surface area contributed by atoms with Gasteiger partial charge in [0, 0.05) is 6.26 Å². The van der Waals surface area contributed by atoms with E-state index in [0.717, 1.165) is 13.4 Å². The molecule has 0 bridgehead atoms. The first kappa shape index (κ1) is 12.8. The minimum absolute atomic E-state index is 0.778. The molecule has 0 aliphatic carbocycles. The van der Waals surface area contributed by atoms with Crippen LogP contribution >= 0.6 is 0 Å². The van der Waals surface area contributed by atoms with Gasteiger partial charge in [-0.2, -0.15) is 0 Å². The van der Waals surface area contributed by atoms with Crippen LogP contribution in [-0.2, 0) is 24.2 Å². The smallest absolute Gasteiger partial charge is 0.338 e. The van der Waals surface area contributed by atoms with E-state index in [2.05, 4.69) is 4.74 Å². The number of carbonyl (C=O) groups is 2. The van der Waals surface area contributed by atoms with Crippen LogP contribution in [0.1, 0.15) is 0 Å². The number of sulfone groups is 1. The third kappa shape index (κ3) is 2.96. The van der Waals surface area contributed by atoms with Crippen molar-refractivity contribution >= 4 is 21.8 Å². The van der Waals surface area contributed by atoms with Gasteiger partial charge in [0.2, 0.25) is 5.54 Å². The van der Waals surface area contributed by atoms with Crippen molar-refractivity contribution in [1.29, 1.82) is 0 Å². The summed E-state index contributed by atoms with van der Waals surface area (Å²) >= 11 is 0. The highest BCUT2D eigenvalue weighted by Gasteiger charge is 2.46. The second kappa shape index (κ2) is 3.93. The van der Waals surface area contributed by atoms with Crippen LogP contribution < -0.4 is 5.73 Å². The van der Waals surface area contributed by atoms with Crippen molar-refractivity contribution in [3.63, 3.8) is 0 Å². The lowest BCUT2D eigenvalue weighted by molar-refractivity contribution is -0.157. The Hall–Kier alpha value is -1.15. The van der Waals surface area contributed by atoms with Crippen molar-refractivity contribution in [3.05, 3.63) is 0 Å². The first-order valence-electron chi connectivity index (χ1n) is 3.42. The van der Waals surface area contributed by atoms with E-state index in [1.165, 1.54) is 0 Å². The summed E-state index contributed by atoms with van der Waals surface area (Å²) in [7, 11) is -2.76. The molecule has 0 aromatic rings. The van der Waals surface area contributed by atoms with Gasteiger partial charge in [0.15, 0.2) is 0 Å². The first-order chi connectivity index (χ1) is 6.13. The molecule has 8 heteroatoms. The Morgan fingerprint density at radius 1 is 1.50 bits per heavy atom. The average Bonchev–Trinajstić information content (AvgIpc) is 1.99. The SMILES string of the molecule is COC(=O)C(N)(CS(C)(=O)=O)C(=O)O. The van der Waals surface area contributed by atoms with Crippen LogP contribution in [0.5, 0.6) is 0 Å². The average molecular weight is 225 g/mol. The van der Waals surface area contributed by atoms with Crippen LogP contribution in [0.4, 0.5) is 0 Å². The Labute approximate surface area is 80.8 Å². The zero-order chi connectivity index (χ0) is 11.6. The van der Waals surface area contributed by atoms with Gasteiger partial charge < -0.3 is 15.6 Å². The van der Waals surface area contributed by atoms with Crippen molar-refractivity contribution in [2.24, 2.45) is 5.73 Å². The molecule has 3 N–H and O–H groups in total. The fourth-order valence-corrected chi connectivity index (χ4v) is 1.87. The third-order valence-corrected chi connectivity index (χ3v) is 2.40. The standard InChI is InChI=1S/C6H11NO6S/c1-13-5(10)6(7,4(8)9)3-14(2,11)12/h3,7H2,1-2H3,(H,8,9). The number of carbonyl (C=O) groups excluding carboxylic acids is 1. The lowest BCUT2D eigenvalue weighted by Crippen LogP contribution is -2.59. The van der Waals surface area contributed by atoms with E-state index in [1.807, 2.05) is 0 Å². The van der Waals surface area contributed by atoms with Gasteiger partial charge in [-0.05, 0) is 0 Å². The molecule has 0 fully saturated rings. The zero-order valence-corrected chi connectivity index (χ0v) is 8.50. The normalized spacial score (nSPS) is 15.6. The summed E-state index contributed by atoms with van der Waals surface area (Å²) in [6, 6.07) is 0. The number of methoxy groups -OCH3 is 1. The van der Waals surface area contributed by atoms with E-state index in [0.29, 0.717) is 0 Å². The fraction of sp³-hybridized carbons (Fsp3) is 0.667. The molecular weight excluding hydrogens is 214 g/mol. The highest BCUT2D eigenvalue weighted by molar-refractivity contribution is 7.90. The minimum Gasteiger partial charge on any atom is -0.479 e. The van der Waals surface area contributed by atoms with E-state index < -0.39 is 33.1 Å². The Morgan fingerprint density at radius 2 is 1.93 bits per heavy atom. The molecular formula is C6H11NO6S. The summed E-state index contributed by atoms with van der Waals surface area (Å²) < 4.78 is 25.8. The highest BCUT2D eigenvalue weighted by Crippen LogP contribution is 2.07. The maximum absolute atomic E-state index is 11.0. The van der Waals surface area contributed by atoms with Gasteiger partial charge in [-0.25, -0.2) is 18.0 Å². The molecule has 0 amide bonds. The van der Waals surface area contributed by atoms with Crippen LogP contribution in [-0.4, -0.2) is 50.1 Å². The summed E-state index contributed by atoms with van der Waals surface area (Å²) in [5, 5.41) is 8.61. The predicted octanol–water partition coefficient (Wildman–Crippen LogP) is -2.01. The maximum Gasteiger partial charge on any atom is 0.338 e. The van der Waals surface area contributed by atoms with Crippen molar-refractivity contribution in [2.75, 3.05) is 19.1 Å². The Balaban J connectivity index is 5.13. The van der Waals surface area contributed by atoms with Gasteiger partial charge in [0.05, 0.1) is 12.9 Å². The quantitative estimate of drug-likeness (QED) is 0.418. The molecule has 7 nitrogen and oxygen atoms in total. The lowest BCUT2D eigenvalue weighted by atomic mass is 10.1. The number of ether oxygens (including phenoxy) is 1. The number of hydrogen-bond acceptors (Lipinski definition) is 6. The van der Waals surface area contributed by atoms with Crippen LogP contribution in [0.25, 0.3) is 0 Å². The topological polar surface area (TPSA) is 124 Å². The zero-order valence-electron chi connectivity index (χ0n) is 7.68. The molecule has 14 heavy (non-hydrogen) atoms. The molecule has 0 aromatic heterocycles. The van der Waals surface area contributed by atoms with Crippen molar-refractivity contribution in [1.82, 2.24) is 0 Å². The van der Waals surface area contributed by atoms with Crippen molar-refractivity contribution in [3.8, 4) is 0 Å². The molecule has 1 unspecified atom stereocenters. The number of rotatable bonds is 4. The van der Waals surface area contributed by atoms with Crippen LogP contribution in [0.2, 0.25) is 0 Å². The third-order valence-electron chi connectivity index (χ3n) is 1.42. The summed E-state index contributed by atoms with van der Waals surface area (Å²) in [5.74, 6) is -4.03. The van der Waals surface area contributed by atoms with E-state index >= 15 is 0 Å². The molecule has 0 aliphatic heterocycles. The molecule has 0 saturated carbocycles. The molecule has 1 atom stereocenters. The molecule has 0 heterocycles. The van der Waals surface area contributed by atoms with Crippen LogP contribution in [0.3, 0.4) is 0 Å². The van der Waals surface area contributed by atoms with Crippen LogP contribution in [0.15, 0.2) is 0 Å². The van der Waals surface area contributed by atoms with E-state index in [1.54, 1.807) is 0 Å². The molecule has 0 aromatic carbocycles. The molecule has 0 rings (SSSR count). The second-order valence-corrected chi connectivity index (χ2v) is 4.98. The van der Waals surface area contributed by atoms with E-state index in [-0.39, 0.29) is 0 Å². The van der Waals surface area contributed by atoms with Crippen LogP contribution in [0, 0.1) is 0 Å². The first-order valence-corrected chi connectivity index (χ1v) is 5.48. The molecule has 0 saturated heterocycles. The van der Waals surface area contributed by atoms with Gasteiger partial charge >= 0.3 is 11.9 Å². The molecule has 0 radical (unpaired) electrons. The monoisotopic (exact) mass is 225 g/mol. The number of carboxylic acid groups (broad SMARTS) is 1. The van der Waals surface area contributed by atoms with E-state index in [9.17, 15) is 18.0 Å². The summed E-state index contributed by atoms with van der Waals surface area (Å²) in [4.78, 5) is 21.6. The highest BCUT2D eigenvalue weighted by atomic mass is 32.2. The van der Waals surface area contributed by atoms with Gasteiger partial charge in [-0.15, -0.1) is 0 Å². The Kier molecular flexibility index (Phi) is 3.60. The number of nitrogens with two attached hydrogens (primary N) is 1. The Bertz CT molecular complexity index is 347. The van der Waals surface area contributed by atoms with E-state index in [4.69, 9.17) is 10.8 Å². The van der Waals surface area contributed by atoms with Crippen molar-refractivity contribution < 1.29 is 27.9 Å². The lowest BCUT2D eigenvalue weighted by Gasteiger charge is -2.20. The second-order valence-electron chi connectivity index (χ2n) is 2.84. The van der Waals surface area contributed by atoms with Gasteiger partial charge in [-0.3, -0.25) is 0 Å². The predicted molar refractivity (Wildman–Crippen MR) is 46.3 cm³/mol. The molecule has 0 spiro atoms. The summed E-state index contributed by atoms with van der Waals surface area (Å²) in [5.41, 5.74) is 2.59. The Morgan fingerprint density at radius 3 is 2.14 bits per heavy atom. The van der Waals surface area contributed by atoms with Gasteiger partial charge in [0.25, 0.3) is 0 Å². The van der Waals surface area contributed by atoms with Gasteiger partial charge in [0.1, 0.15) is 9.84 Å². The number of aliphatic carboxylic acids is 1. The molecule has 0 aliphatic rings.